The third-order valence-electron chi connectivity index (χ3n) is 2.52. The Kier molecular flexibility index (Phi) is 3.99. The zero-order valence-corrected chi connectivity index (χ0v) is 12.2. The predicted octanol–water partition coefficient (Wildman–Crippen LogP) is 2.88. The number of rotatable bonds is 4. The number of aryl methyl sites for hydroxylation is 1. The highest BCUT2D eigenvalue weighted by atomic mass is 127. The first-order chi connectivity index (χ1) is 7.74. The fraction of sp³-hybridized carbons (Fsp3) is 0.364. The summed E-state index contributed by atoms with van der Waals surface area (Å²) in [6, 6.07) is 2.47. The average Bonchev–Trinajstić information content (AvgIpc) is 2.89. The van der Waals surface area contributed by atoms with Gasteiger partial charge in [-0.2, -0.15) is 5.10 Å². The van der Waals surface area contributed by atoms with E-state index in [1.165, 1.54) is 14.0 Å². The van der Waals surface area contributed by atoms with Crippen molar-refractivity contribution in [2.24, 2.45) is 0 Å². The maximum Gasteiger partial charge on any atom is 0.0656 e. The Balaban J connectivity index is 2.28. The second kappa shape index (κ2) is 5.29. The molecule has 1 N–H and O–H groups in total. The fourth-order valence-electron chi connectivity index (χ4n) is 1.70. The SMILES string of the molecule is CCn1cc(C(NC)c2csc(I)c2)cn1. The summed E-state index contributed by atoms with van der Waals surface area (Å²) in [6.45, 7) is 3.01. The molecule has 0 aromatic carbocycles. The first-order valence-corrected chi connectivity index (χ1v) is 7.14. The highest BCUT2D eigenvalue weighted by molar-refractivity contribution is 14.1. The Hall–Kier alpha value is -0.400. The van der Waals surface area contributed by atoms with Crippen molar-refractivity contribution in [2.75, 3.05) is 7.05 Å². The predicted molar refractivity (Wildman–Crippen MR) is 75.8 cm³/mol. The number of nitrogens with one attached hydrogen (secondary N) is 1. The van der Waals surface area contributed by atoms with Gasteiger partial charge in [0.2, 0.25) is 0 Å². The van der Waals surface area contributed by atoms with Crippen molar-refractivity contribution >= 4 is 33.9 Å². The summed E-state index contributed by atoms with van der Waals surface area (Å²) < 4.78 is 3.27. The van der Waals surface area contributed by atoms with Crippen molar-refractivity contribution in [2.45, 2.75) is 19.5 Å². The molecule has 86 valence electrons. The van der Waals surface area contributed by atoms with Gasteiger partial charge in [-0.25, -0.2) is 0 Å². The van der Waals surface area contributed by atoms with Crippen LogP contribution in [0.5, 0.6) is 0 Å². The molecule has 0 fully saturated rings. The summed E-state index contributed by atoms with van der Waals surface area (Å²) in [5.41, 5.74) is 2.53. The summed E-state index contributed by atoms with van der Waals surface area (Å²) >= 11 is 4.13. The molecule has 1 unspecified atom stereocenters. The quantitative estimate of drug-likeness (QED) is 0.862. The van der Waals surface area contributed by atoms with Gasteiger partial charge in [0.25, 0.3) is 0 Å². The van der Waals surface area contributed by atoms with E-state index < -0.39 is 0 Å². The van der Waals surface area contributed by atoms with Crippen molar-refractivity contribution < 1.29 is 0 Å². The lowest BCUT2D eigenvalue weighted by molar-refractivity contribution is 0.654. The summed E-state index contributed by atoms with van der Waals surface area (Å²) in [6.07, 6.45) is 4.04. The molecule has 2 aromatic heterocycles. The van der Waals surface area contributed by atoms with Gasteiger partial charge in [0.1, 0.15) is 0 Å². The molecular weight excluding hydrogens is 333 g/mol. The van der Waals surface area contributed by atoms with E-state index in [9.17, 15) is 0 Å². The molecule has 0 saturated heterocycles. The van der Waals surface area contributed by atoms with Crippen LogP contribution < -0.4 is 5.32 Å². The van der Waals surface area contributed by atoms with E-state index in [2.05, 4.69) is 57.6 Å². The molecule has 0 bridgehead atoms. The van der Waals surface area contributed by atoms with Crippen LogP contribution in [-0.2, 0) is 6.54 Å². The molecule has 0 aliphatic carbocycles. The maximum absolute atomic E-state index is 4.31. The lowest BCUT2D eigenvalue weighted by atomic mass is 10.1. The second-order valence-electron chi connectivity index (χ2n) is 3.54. The Labute approximate surface area is 113 Å². The van der Waals surface area contributed by atoms with Crippen LogP contribution in [0.3, 0.4) is 0 Å². The van der Waals surface area contributed by atoms with E-state index >= 15 is 0 Å². The molecule has 3 nitrogen and oxygen atoms in total. The number of halogens is 1. The largest absolute Gasteiger partial charge is 0.309 e. The van der Waals surface area contributed by atoms with Crippen LogP contribution in [0.4, 0.5) is 0 Å². The van der Waals surface area contributed by atoms with Gasteiger partial charge >= 0.3 is 0 Å². The average molecular weight is 347 g/mol. The molecular formula is C11H14IN3S. The summed E-state index contributed by atoms with van der Waals surface area (Å²) in [7, 11) is 1.98. The molecule has 16 heavy (non-hydrogen) atoms. The van der Waals surface area contributed by atoms with Gasteiger partial charge in [0, 0.05) is 18.3 Å². The molecule has 0 aliphatic rings. The van der Waals surface area contributed by atoms with E-state index in [1.54, 1.807) is 11.3 Å². The van der Waals surface area contributed by atoms with E-state index in [-0.39, 0.29) is 6.04 Å². The zero-order valence-electron chi connectivity index (χ0n) is 9.27. The summed E-state index contributed by atoms with van der Waals surface area (Å²) in [4.78, 5) is 0. The number of nitrogens with zero attached hydrogens (tertiary/aromatic N) is 2. The van der Waals surface area contributed by atoms with Crippen molar-refractivity contribution in [1.82, 2.24) is 15.1 Å². The molecule has 2 heterocycles. The minimum absolute atomic E-state index is 0.250. The second-order valence-corrected chi connectivity index (χ2v) is 6.34. The van der Waals surface area contributed by atoms with Gasteiger partial charge < -0.3 is 5.32 Å². The van der Waals surface area contributed by atoms with Crippen molar-refractivity contribution in [3.05, 3.63) is 37.9 Å². The Morgan fingerprint density at radius 2 is 2.38 bits per heavy atom. The summed E-state index contributed by atoms with van der Waals surface area (Å²) in [5.74, 6) is 0. The number of hydrogen-bond acceptors (Lipinski definition) is 3. The molecule has 1 atom stereocenters. The molecule has 0 radical (unpaired) electrons. The van der Waals surface area contributed by atoms with Crippen molar-refractivity contribution in [3.63, 3.8) is 0 Å². The highest BCUT2D eigenvalue weighted by Gasteiger charge is 2.15. The standard InChI is InChI=1S/C11H14IN3S/c1-3-15-6-9(5-14-15)11(13-2)8-4-10(12)16-7-8/h4-7,11,13H,3H2,1-2H3. The molecule has 0 amide bonds. The van der Waals surface area contributed by atoms with Gasteiger partial charge in [-0.15, -0.1) is 11.3 Å². The topological polar surface area (TPSA) is 29.9 Å². The third-order valence-corrected chi connectivity index (χ3v) is 4.33. The fourth-order valence-corrected chi connectivity index (χ4v) is 3.10. The molecule has 0 aliphatic heterocycles. The third kappa shape index (κ3) is 2.46. The van der Waals surface area contributed by atoms with Gasteiger partial charge in [-0.05, 0) is 53.6 Å². The van der Waals surface area contributed by atoms with Crippen LogP contribution in [0.2, 0.25) is 0 Å². The van der Waals surface area contributed by atoms with Crippen LogP contribution >= 0.6 is 33.9 Å². The van der Waals surface area contributed by atoms with E-state index in [0.29, 0.717) is 0 Å². The van der Waals surface area contributed by atoms with Crippen molar-refractivity contribution in [1.29, 1.82) is 0 Å². The van der Waals surface area contributed by atoms with Crippen LogP contribution in [0.25, 0.3) is 0 Å². The van der Waals surface area contributed by atoms with E-state index in [4.69, 9.17) is 0 Å². The van der Waals surface area contributed by atoms with Gasteiger partial charge in [-0.1, -0.05) is 0 Å². The van der Waals surface area contributed by atoms with Gasteiger partial charge in [0.05, 0.1) is 15.1 Å². The lowest BCUT2D eigenvalue weighted by Crippen LogP contribution is -2.16. The van der Waals surface area contributed by atoms with Crippen LogP contribution in [0.15, 0.2) is 23.8 Å². The maximum atomic E-state index is 4.31. The first kappa shape index (κ1) is 12.1. The van der Waals surface area contributed by atoms with Gasteiger partial charge in [0.15, 0.2) is 0 Å². The number of thiophene rings is 1. The smallest absolute Gasteiger partial charge is 0.0656 e. The minimum Gasteiger partial charge on any atom is -0.309 e. The minimum atomic E-state index is 0.250. The van der Waals surface area contributed by atoms with E-state index in [1.807, 2.05) is 17.9 Å². The summed E-state index contributed by atoms with van der Waals surface area (Å²) in [5, 5.41) is 9.85. The number of hydrogen-bond donors (Lipinski definition) is 1. The van der Waals surface area contributed by atoms with Crippen molar-refractivity contribution in [3.8, 4) is 0 Å². The molecule has 0 spiro atoms. The van der Waals surface area contributed by atoms with Crippen LogP contribution in [0, 0.1) is 2.88 Å². The zero-order chi connectivity index (χ0) is 11.5. The van der Waals surface area contributed by atoms with Crippen LogP contribution in [0.1, 0.15) is 24.1 Å². The molecule has 2 aromatic rings. The van der Waals surface area contributed by atoms with Crippen LogP contribution in [-0.4, -0.2) is 16.8 Å². The van der Waals surface area contributed by atoms with Gasteiger partial charge in [-0.3, -0.25) is 4.68 Å². The first-order valence-electron chi connectivity index (χ1n) is 5.18. The monoisotopic (exact) mass is 347 g/mol. The lowest BCUT2D eigenvalue weighted by Gasteiger charge is -2.12. The Bertz CT molecular complexity index is 463. The molecule has 5 heteroatoms. The molecule has 2 rings (SSSR count). The molecule has 0 saturated carbocycles. The number of aromatic nitrogens is 2. The Morgan fingerprint density at radius 1 is 1.56 bits per heavy atom. The Morgan fingerprint density at radius 3 is 2.88 bits per heavy atom. The van der Waals surface area contributed by atoms with E-state index in [0.717, 1.165) is 6.54 Å². The highest BCUT2D eigenvalue weighted by Crippen LogP contribution is 2.26. The normalized spacial score (nSPS) is 12.9.